The highest BCUT2D eigenvalue weighted by atomic mass is 16.5. The Balaban J connectivity index is 1.63. The number of piperidine rings is 1. The van der Waals surface area contributed by atoms with E-state index in [0.29, 0.717) is 12.1 Å². The van der Waals surface area contributed by atoms with Crippen molar-refractivity contribution in [3.8, 4) is 5.75 Å². The summed E-state index contributed by atoms with van der Waals surface area (Å²) < 4.78 is 6.01. The van der Waals surface area contributed by atoms with E-state index in [2.05, 4.69) is 32.5 Å². The SMILES string of the molecule is C=CNc1nc(Nc2ccc(OC3CCNCC3)cc2)ncc1C. The van der Waals surface area contributed by atoms with Crippen molar-refractivity contribution in [2.24, 2.45) is 0 Å². The van der Waals surface area contributed by atoms with Gasteiger partial charge in [0.25, 0.3) is 0 Å². The van der Waals surface area contributed by atoms with Crippen molar-refractivity contribution in [1.82, 2.24) is 15.3 Å². The first-order valence-corrected chi connectivity index (χ1v) is 8.20. The monoisotopic (exact) mass is 325 g/mol. The maximum Gasteiger partial charge on any atom is 0.229 e. The molecule has 0 spiro atoms. The van der Waals surface area contributed by atoms with E-state index in [-0.39, 0.29) is 0 Å². The van der Waals surface area contributed by atoms with E-state index in [0.717, 1.165) is 48.7 Å². The van der Waals surface area contributed by atoms with Crippen molar-refractivity contribution in [2.75, 3.05) is 23.7 Å². The minimum absolute atomic E-state index is 0.304. The third-order valence-electron chi connectivity index (χ3n) is 3.91. The molecule has 2 heterocycles. The first kappa shape index (κ1) is 16.3. The van der Waals surface area contributed by atoms with E-state index in [1.165, 1.54) is 0 Å². The fraction of sp³-hybridized carbons (Fsp3) is 0.333. The Hall–Kier alpha value is -2.60. The lowest BCUT2D eigenvalue weighted by Gasteiger charge is -2.23. The van der Waals surface area contributed by atoms with Gasteiger partial charge in [-0.25, -0.2) is 4.98 Å². The lowest BCUT2D eigenvalue weighted by molar-refractivity contribution is 0.162. The highest BCUT2D eigenvalue weighted by Gasteiger charge is 2.14. The molecule has 6 nitrogen and oxygen atoms in total. The van der Waals surface area contributed by atoms with E-state index in [4.69, 9.17) is 4.74 Å². The number of benzene rings is 1. The predicted octanol–water partition coefficient (Wildman–Crippen LogP) is 3.21. The van der Waals surface area contributed by atoms with Crippen LogP contribution < -0.4 is 20.7 Å². The van der Waals surface area contributed by atoms with Gasteiger partial charge in [-0.05, 0) is 63.3 Å². The van der Waals surface area contributed by atoms with Gasteiger partial charge in [0.15, 0.2) is 0 Å². The van der Waals surface area contributed by atoms with Crippen LogP contribution in [0.4, 0.5) is 17.5 Å². The number of aromatic nitrogens is 2. The van der Waals surface area contributed by atoms with Crippen LogP contribution in [0.25, 0.3) is 0 Å². The van der Waals surface area contributed by atoms with Crippen molar-refractivity contribution in [3.63, 3.8) is 0 Å². The normalized spacial score (nSPS) is 14.9. The molecular formula is C18H23N5O. The van der Waals surface area contributed by atoms with Crippen molar-refractivity contribution in [1.29, 1.82) is 0 Å². The zero-order valence-corrected chi connectivity index (χ0v) is 13.9. The third kappa shape index (κ3) is 4.23. The molecule has 1 aromatic carbocycles. The number of hydrogen-bond donors (Lipinski definition) is 3. The Labute approximate surface area is 142 Å². The molecule has 0 bridgehead atoms. The molecule has 0 radical (unpaired) electrons. The molecule has 0 amide bonds. The van der Waals surface area contributed by atoms with Gasteiger partial charge in [-0.1, -0.05) is 6.58 Å². The summed E-state index contributed by atoms with van der Waals surface area (Å²) in [6.45, 7) is 7.65. The van der Waals surface area contributed by atoms with Crippen LogP contribution in [-0.4, -0.2) is 29.2 Å². The van der Waals surface area contributed by atoms with Crippen molar-refractivity contribution < 1.29 is 4.74 Å². The zero-order chi connectivity index (χ0) is 16.8. The molecule has 3 N–H and O–H groups in total. The lowest BCUT2D eigenvalue weighted by atomic mass is 10.1. The Morgan fingerprint density at radius 3 is 2.71 bits per heavy atom. The summed E-state index contributed by atoms with van der Waals surface area (Å²) in [6, 6.07) is 7.89. The molecule has 2 aromatic rings. The summed E-state index contributed by atoms with van der Waals surface area (Å²) in [5, 5.41) is 9.54. The zero-order valence-electron chi connectivity index (χ0n) is 13.9. The highest BCUT2D eigenvalue weighted by molar-refractivity contribution is 5.57. The van der Waals surface area contributed by atoms with Crippen LogP contribution >= 0.6 is 0 Å². The molecule has 0 aliphatic carbocycles. The Morgan fingerprint density at radius 2 is 2.00 bits per heavy atom. The lowest BCUT2D eigenvalue weighted by Crippen LogP contribution is -2.34. The van der Waals surface area contributed by atoms with Gasteiger partial charge in [0.05, 0.1) is 0 Å². The molecule has 1 aliphatic heterocycles. The summed E-state index contributed by atoms with van der Waals surface area (Å²) in [6.07, 6.45) is 5.78. The summed E-state index contributed by atoms with van der Waals surface area (Å²) in [4.78, 5) is 8.73. The Kier molecular flexibility index (Phi) is 5.28. The first-order valence-electron chi connectivity index (χ1n) is 8.20. The summed E-state index contributed by atoms with van der Waals surface area (Å²) in [7, 11) is 0. The molecule has 24 heavy (non-hydrogen) atoms. The second-order valence-electron chi connectivity index (χ2n) is 5.79. The minimum atomic E-state index is 0.304. The number of nitrogens with one attached hydrogen (secondary N) is 3. The summed E-state index contributed by atoms with van der Waals surface area (Å²) in [5.41, 5.74) is 1.88. The molecule has 1 fully saturated rings. The quantitative estimate of drug-likeness (QED) is 0.757. The molecule has 1 aromatic heterocycles. The Bertz CT molecular complexity index is 680. The van der Waals surface area contributed by atoms with E-state index >= 15 is 0 Å². The molecule has 1 saturated heterocycles. The van der Waals surface area contributed by atoms with Gasteiger partial charge in [-0.3, -0.25) is 0 Å². The molecule has 126 valence electrons. The summed E-state index contributed by atoms with van der Waals surface area (Å²) in [5.74, 6) is 2.18. The van der Waals surface area contributed by atoms with Gasteiger partial charge in [0.2, 0.25) is 5.95 Å². The molecule has 1 aliphatic rings. The van der Waals surface area contributed by atoms with Crippen LogP contribution in [0.1, 0.15) is 18.4 Å². The second-order valence-corrected chi connectivity index (χ2v) is 5.79. The van der Waals surface area contributed by atoms with E-state index in [1.54, 1.807) is 12.4 Å². The number of aryl methyl sites for hydroxylation is 1. The smallest absolute Gasteiger partial charge is 0.229 e. The van der Waals surface area contributed by atoms with Crippen LogP contribution in [0.5, 0.6) is 5.75 Å². The van der Waals surface area contributed by atoms with E-state index < -0.39 is 0 Å². The fourth-order valence-corrected chi connectivity index (χ4v) is 2.60. The maximum atomic E-state index is 6.01. The van der Waals surface area contributed by atoms with Gasteiger partial charge in [0.1, 0.15) is 17.7 Å². The average Bonchev–Trinajstić information content (AvgIpc) is 2.61. The number of nitrogens with zero attached hydrogens (tertiary/aromatic N) is 2. The van der Waals surface area contributed by atoms with Crippen LogP contribution in [0.2, 0.25) is 0 Å². The molecule has 0 saturated carbocycles. The molecule has 0 atom stereocenters. The average molecular weight is 325 g/mol. The third-order valence-corrected chi connectivity index (χ3v) is 3.91. The maximum absolute atomic E-state index is 6.01. The van der Waals surface area contributed by atoms with Crippen molar-refractivity contribution in [3.05, 3.63) is 48.8 Å². The molecule has 6 heteroatoms. The van der Waals surface area contributed by atoms with Gasteiger partial charge in [0, 0.05) is 17.4 Å². The number of ether oxygens (including phenoxy) is 1. The number of rotatable bonds is 6. The van der Waals surface area contributed by atoms with Gasteiger partial charge < -0.3 is 20.7 Å². The van der Waals surface area contributed by atoms with Crippen LogP contribution in [0, 0.1) is 6.92 Å². The van der Waals surface area contributed by atoms with Gasteiger partial charge >= 0.3 is 0 Å². The molecular weight excluding hydrogens is 302 g/mol. The Morgan fingerprint density at radius 1 is 1.25 bits per heavy atom. The van der Waals surface area contributed by atoms with Crippen LogP contribution in [0.15, 0.2) is 43.2 Å². The van der Waals surface area contributed by atoms with E-state index in [9.17, 15) is 0 Å². The highest BCUT2D eigenvalue weighted by Crippen LogP contribution is 2.22. The standard InChI is InChI=1S/C18H23N5O/c1-3-20-17-13(2)12-21-18(23-17)22-14-4-6-15(7-5-14)24-16-8-10-19-11-9-16/h3-7,12,16,19H,1,8-11H2,2H3,(H2,20,21,22,23). The predicted molar refractivity (Wildman–Crippen MR) is 96.8 cm³/mol. The topological polar surface area (TPSA) is 71.1 Å². The van der Waals surface area contributed by atoms with Crippen molar-refractivity contribution >= 4 is 17.5 Å². The molecule has 3 rings (SSSR count). The van der Waals surface area contributed by atoms with Crippen LogP contribution in [0.3, 0.4) is 0 Å². The van der Waals surface area contributed by atoms with Crippen LogP contribution in [-0.2, 0) is 0 Å². The largest absolute Gasteiger partial charge is 0.490 e. The summed E-state index contributed by atoms with van der Waals surface area (Å²) >= 11 is 0. The first-order chi connectivity index (χ1) is 11.7. The fourth-order valence-electron chi connectivity index (χ4n) is 2.60. The minimum Gasteiger partial charge on any atom is -0.490 e. The van der Waals surface area contributed by atoms with E-state index in [1.807, 2.05) is 31.2 Å². The number of hydrogen-bond acceptors (Lipinski definition) is 6. The van der Waals surface area contributed by atoms with Gasteiger partial charge in [-0.2, -0.15) is 4.98 Å². The second kappa shape index (κ2) is 7.79. The van der Waals surface area contributed by atoms with Gasteiger partial charge in [-0.15, -0.1) is 0 Å². The number of anilines is 3. The molecule has 0 unspecified atom stereocenters. The van der Waals surface area contributed by atoms with Crippen molar-refractivity contribution in [2.45, 2.75) is 25.9 Å².